The lowest BCUT2D eigenvalue weighted by atomic mass is 9.94. The standard InChI is InChI=1S/C35H28F5N5O4/c1-43-17-41-31-26(43)14-23(35(38,39)40)29-22-4-2-8-45-27(12-18(32(22)45)6-9-48-34(29)31)33(47)19-10-24(36)30(25(37)11-19)42-28(46)5-3-7-44-15-21-13-20(44)16-49-21/h2-5,8,10-12,14,17,20-21H,6-7,9,13,15-16H2,1H3,(H,42,46)/b5-3+/t20-,21-/m1/s1. The Morgan fingerprint density at radius 3 is 2.65 bits per heavy atom. The van der Waals surface area contributed by atoms with Crippen LogP contribution in [0.1, 0.15) is 33.6 Å². The van der Waals surface area contributed by atoms with Gasteiger partial charge in [-0.05, 0) is 42.3 Å². The lowest BCUT2D eigenvalue weighted by Crippen LogP contribution is -2.36. The molecule has 2 saturated heterocycles. The first-order valence-corrected chi connectivity index (χ1v) is 15.7. The van der Waals surface area contributed by atoms with E-state index in [1.165, 1.54) is 45.8 Å². The van der Waals surface area contributed by atoms with Gasteiger partial charge in [-0.25, -0.2) is 13.8 Å². The summed E-state index contributed by atoms with van der Waals surface area (Å²) in [6.07, 6.45) is 2.35. The summed E-state index contributed by atoms with van der Waals surface area (Å²) in [5.74, 6) is -3.84. The monoisotopic (exact) mass is 677 g/mol. The highest BCUT2D eigenvalue weighted by Gasteiger charge is 2.39. The number of benzene rings is 2. The number of aromatic nitrogens is 3. The number of fused-ring (bicyclic) bond motifs is 6. The molecule has 252 valence electrons. The molecule has 3 aliphatic heterocycles. The van der Waals surface area contributed by atoms with Crippen LogP contribution in [0.3, 0.4) is 0 Å². The number of carbonyl (C=O) groups excluding carboxylic acids is 2. The predicted molar refractivity (Wildman–Crippen MR) is 169 cm³/mol. The van der Waals surface area contributed by atoms with Crippen LogP contribution in [0, 0.1) is 11.6 Å². The van der Waals surface area contributed by atoms with Crippen LogP contribution in [0.15, 0.2) is 61.1 Å². The summed E-state index contributed by atoms with van der Waals surface area (Å²) in [5.41, 5.74) is -0.672. The maximum atomic E-state index is 15.2. The van der Waals surface area contributed by atoms with E-state index >= 15 is 8.78 Å². The summed E-state index contributed by atoms with van der Waals surface area (Å²) in [7, 11) is 1.59. The number of hydrogen-bond donors (Lipinski definition) is 1. The number of ether oxygens (including phenoxy) is 2. The molecule has 8 rings (SSSR count). The van der Waals surface area contributed by atoms with Crippen LogP contribution >= 0.6 is 0 Å². The molecule has 2 aromatic carbocycles. The third-order valence-electron chi connectivity index (χ3n) is 9.44. The van der Waals surface area contributed by atoms with Crippen molar-refractivity contribution in [1.29, 1.82) is 0 Å². The minimum Gasteiger partial charge on any atom is -0.490 e. The van der Waals surface area contributed by atoms with Gasteiger partial charge >= 0.3 is 6.18 Å². The summed E-state index contributed by atoms with van der Waals surface area (Å²) < 4.78 is 88.6. The van der Waals surface area contributed by atoms with Gasteiger partial charge in [-0.1, -0.05) is 12.1 Å². The Balaban J connectivity index is 1.12. The van der Waals surface area contributed by atoms with Gasteiger partial charge in [-0.2, -0.15) is 13.2 Å². The number of ketones is 1. The number of morpholine rings is 1. The molecule has 3 aliphatic rings. The second-order valence-electron chi connectivity index (χ2n) is 12.5. The van der Waals surface area contributed by atoms with Crippen molar-refractivity contribution in [3.05, 3.63) is 95.1 Å². The fraction of sp³-hybridized carbons (Fsp3) is 0.286. The highest BCUT2D eigenvalue weighted by molar-refractivity contribution is 6.10. The number of nitrogens with zero attached hydrogens (tertiary/aromatic N) is 4. The molecule has 0 unspecified atom stereocenters. The molecule has 9 nitrogen and oxygen atoms in total. The van der Waals surface area contributed by atoms with Crippen molar-refractivity contribution in [2.45, 2.75) is 31.2 Å². The molecule has 2 bridgehead atoms. The molecule has 0 aliphatic carbocycles. The molecule has 14 heteroatoms. The highest BCUT2D eigenvalue weighted by Crippen LogP contribution is 2.48. The SMILES string of the molecule is Cn1cnc2c3c(c(C(F)(F)F)cc21)-c1cccn2c(C(=O)c4cc(F)c(NC(=O)/C=C/CN5C[C@H]6C[C@@H]5CO6)c(F)c4)cc(c12)CCO3. The van der Waals surface area contributed by atoms with E-state index in [2.05, 4.69) is 15.2 Å². The number of likely N-dealkylation sites (tertiary alicyclic amines) is 1. The maximum Gasteiger partial charge on any atom is 0.417 e. The number of pyridine rings is 1. The Kier molecular flexibility index (Phi) is 7.33. The zero-order chi connectivity index (χ0) is 34.2. The van der Waals surface area contributed by atoms with Crippen LogP contribution in [-0.4, -0.2) is 69.0 Å². The molecule has 0 radical (unpaired) electrons. The third-order valence-corrected chi connectivity index (χ3v) is 9.44. The molecule has 2 atom stereocenters. The lowest BCUT2D eigenvalue weighted by molar-refractivity contribution is -0.137. The minimum atomic E-state index is -4.76. The van der Waals surface area contributed by atoms with Crippen LogP contribution < -0.4 is 10.1 Å². The predicted octanol–water partition coefficient (Wildman–Crippen LogP) is 5.92. The lowest BCUT2D eigenvalue weighted by Gasteiger charge is -2.24. The fourth-order valence-electron chi connectivity index (χ4n) is 7.17. The van der Waals surface area contributed by atoms with Gasteiger partial charge in [0.05, 0.1) is 47.9 Å². The van der Waals surface area contributed by atoms with Crippen LogP contribution in [-0.2, 0) is 29.2 Å². The van der Waals surface area contributed by atoms with Gasteiger partial charge in [0.25, 0.3) is 0 Å². The number of imidazole rings is 1. The van der Waals surface area contributed by atoms with E-state index in [0.717, 1.165) is 31.2 Å². The largest absolute Gasteiger partial charge is 0.490 e. The van der Waals surface area contributed by atoms with Crippen molar-refractivity contribution in [3.8, 4) is 16.9 Å². The van der Waals surface area contributed by atoms with Gasteiger partial charge in [0.1, 0.15) is 22.8 Å². The van der Waals surface area contributed by atoms with Gasteiger partial charge in [0.15, 0.2) is 5.75 Å². The summed E-state index contributed by atoms with van der Waals surface area (Å²) in [5, 5.41) is 2.21. The number of halogens is 5. The Hall–Kier alpha value is -5.08. The quantitative estimate of drug-likeness (QED) is 0.136. The van der Waals surface area contributed by atoms with E-state index in [-0.39, 0.29) is 58.3 Å². The Bertz CT molecular complexity index is 2200. The van der Waals surface area contributed by atoms with E-state index in [4.69, 9.17) is 9.47 Å². The Morgan fingerprint density at radius 2 is 1.94 bits per heavy atom. The van der Waals surface area contributed by atoms with Crippen molar-refractivity contribution >= 4 is 33.9 Å². The molecule has 3 aromatic heterocycles. The minimum absolute atomic E-state index is 0.0118. The second kappa shape index (κ2) is 11.5. The van der Waals surface area contributed by atoms with E-state index in [1.807, 2.05) is 0 Å². The third kappa shape index (κ3) is 5.26. The number of hydrogen-bond acceptors (Lipinski definition) is 6. The molecule has 1 amide bonds. The Labute approximate surface area is 275 Å². The summed E-state index contributed by atoms with van der Waals surface area (Å²) >= 11 is 0. The first kappa shape index (κ1) is 31.2. The molecular formula is C35H28F5N5O4. The number of carbonyl (C=O) groups is 2. The van der Waals surface area contributed by atoms with Gasteiger partial charge in [-0.15, -0.1) is 0 Å². The van der Waals surface area contributed by atoms with E-state index in [1.54, 1.807) is 13.1 Å². The molecule has 1 N–H and O–H groups in total. The van der Waals surface area contributed by atoms with Crippen molar-refractivity contribution < 1.29 is 41.0 Å². The van der Waals surface area contributed by atoms with Crippen molar-refractivity contribution in [2.75, 3.05) is 31.6 Å². The van der Waals surface area contributed by atoms with E-state index in [0.29, 0.717) is 30.3 Å². The molecule has 6 heterocycles. The van der Waals surface area contributed by atoms with Crippen molar-refractivity contribution in [2.24, 2.45) is 7.05 Å². The van der Waals surface area contributed by atoms with Gasteiger partial charge in [0.2, 0.25) is 11.7 Å². The summed E-state index contributed by atoms with van der Waals surface area (Å²) in [6, 6.07) is 7.47. The van der Waals surface area contributed by atoms with E-state index in [9.17, 15) is 22.8 Å². The van der Waals surface area contributed by atoms with Crippen LogP contribution in [0.2, 0.25) is 0 Å². The first-order chi connectivity index (χ1) is 23.5. The molecule has 2 fully saturated rings. The Morgan fingerprint density at radius 1 is 1.14 bits per heavy atom. The van der Waals surface area contributed by atoms with Crippen LogP contribution in [0.25, 0.3) is 27.7 Å². The molecular weight excluding hydrogens is 649 g/mol. The van der Waals surface area contributed by atoms with E-state index < -0.39 is 40.8 Å². The van der Waals surface area contributed by atoms with Crippen LogP contribution in [0.4, 0.5) is 27.6 Å². The highest BCUT2D eigenvalue weighted by atomic mass is 19.4. The normalized spacial score (nSPS) is 19.0. The zero-order valence-corrected chi connectivity index (χ0v) is 26.0. The number of rotatable bonds is 6. The average molecular weight is 678 g/mol. The summed E-state index contributed by atoms with van der Waals surface area (Å²) in [4.78, 5) is 32.8. The van der Waals surface area contributed by atoms with Gasteiger partial charge < -0.3 is 23.8 Å². The maximum absolute atomic E-state index is 15.2. The number of aryl methyl sites for hydroxylation is 1. The zero-order valence-electron chi connectivity index (χ0n) is 26.0. The van der Waals surface area contributed by atoms with Gasteiger partial charge in [-0.3, -0.25) is 14.5 Å². The molecule has 49 heavy (non-hydrogen) atoms. The average Bonchev–Trinajstić information content (AvgIpc) is 3.85. The number of nitrogens with one attached hydrogen (secondary N) is 1. The number of alkyl halides is 3. The van der Waals surface area contributed by atoms with Gasteiger partial charge in [0, 0.05) is 61.6 Å². The molecule has 0 spiro atoms. The number of anilines is 1. The molecule has 0 saturated carbocycles. The fourth-order valence-corrected chi connectivity index (χ4v) is 7.17. The summed E-state index contributed by atoms with van der Waals surface area (Å²) in [6.45, 7) is 1.89. The smallest absolute Gasteiger partial charge is 0.417 e. The van der Waals surface area contributed by atoms with Crippen LogP contribution in [0.5, 0.6) is 5.75 Å². The first-order valence-electron chi connectivity index (χ1n) is 15.7. The van der Waals surface area contributed by atoms with Crippen molar-refractivity contribution in [1.82, 2.24) is 18.9 Å². The second-order valence-corrected chi connectivity index (χ2v) is 12.5. The topological polar surface area (TPSA) is 90.1 Å². The molecule has 5 aromatic rings. The van der Waals surface area contributed by atoms with Crippen molar-refractivity contribution in [3.63, 3.8) is 0 Å². The number of amides is 1.